The van der Waals surface area contributed by atoms with Gasteiger partial charge >= 0.3 is 0 Å². The molecule has 82 valence electrons. The van der Waals surface area contributed by atoms with Crippen LogP contribution in [0.1, 0.15) is 23.5 Å². The highest BCUT2D eigenvalue weighted by molar-refractivity contribution is 5.27. The van der Waals surface area contributed by atoms with Crippen LogP contribution in [0.15, 0.2) is 24.3 Å². The first-order chi connectivity index (χ1) is 7.31. The van der Waals surface area contributed by atoms with Gasteiger partial charge in [0.15, 0.2) is 0 Å². The van der Waals surface area contributed by atoms with Gasteiger partial charge in [0.05, 0.1) is 6.10 Å². The van der Waals surface area contributed by atoms with Crippen molar-refractivity contribution in [3.05, 3.63) is 35.4 Å². The standard InChI is InChI=1S/C13H19NO/c1-10-4-3-5-11(8-10)12-6-7-14-9-13(12)15-2/h3-5,8,12-14H,6-7,9H2,1-2H3. The highest BCUT2D eigenvalue weighted by Gasteiger charge is 2.25. The zero-order valence-electron chi connectivity index (χ0n) is 9.49. The second kappa shape index (κ2) is 4.77. The van der Waals surface area contributed by atoms with E-state index in [0.29, 0.717) is 12.0 Å². The van der Waals surface area contributed by atoms with Crippen LogP contribution in [0.4, 0.5) is 0 Å². The van der Waals surface area contributed by atoms with Gasteiger partial charge in [-0.2, -0.15) is 0 Å². The molecule has 2 unspecified atom stereocenters. The Morgan fingerprint density at radius 1 is 1.40 bits per heavy atom. The normalized spacial score (nSPS) is 26.5. The molecule has 15 heavy (non-hydrogen) atoms. The number of benzene rings is 1. The second-order valence-corrected chi connectivity index (χ2v) is 4.29. The predicted octanol–water partition coefficient (Wildman–Crippen LogP) is 2.09. The van der Waals surface area contributed by atoms with Gasteiger partial charge in [-0.1, -0.05) is 29.8 Å². The molecule has 1 saturated heterocycles. The van der Waals surface area contributed by atoms with E-state index in [4.69, 9.17) is 4.74 Å². The number of aryl methyl sites for hydroxylation is 1. The van der Waals surface area contributed by atoms with Crippen molar-refractivity contribution in [1.29, 1.82) is 0 Å². The number of rotatable bonds is 2. The van der Waals surface area contributed by atoms with Crippen molar-refractivity contribution in [2.45, 2.75) is 25.4 Å². The molecule has 1 aromatic carbocycles. The van der Waals surface area contributed by atoms with Gasteiger partial charge in [-0.25, -0.2) is 0 Å². The summed E-state index contributed by atoms with van der Waals surface area (Å²) in [7, 11) is 1.81. The van der Waals surface area contributed by atoms with Gasteiger partial charge in [0.25, 0.3) is 0 Å². The van der Waals surface area contributed by atoms with E-state index >= 15 is 0 Å². The molecular weight excluding hydrogens is 186 g/mol. The first-order valence-corrected chi connectivity index (χ1v) is 5.61. The molecule has 0 bridgehead atoms. The van der Waals surface area contributed by atoms with E-state index in [2.05, 4.69) is 36.5 Å². The van der Waals surface area contributed by atoms with Crippen LogP contribution < -0.4 is 5.32 Å². The lowest BCUT2D eigenvalue weighted by Gasteiger charge is -2.31. The molecule has 0 aliphatic carbocycles. The van der Waals surface area contributed by atoms with Crippen LogP contribution in [-0.2, 0) is 4.74 Å². The smallest absolute Gasteiger partial charge is 0.0764 e. The number of ether oxygens (including phenoxy) is 1. The molecule has 1 N–H and O–H groups in total. The molecule has 0 saturated carbocycles. The summed E-state index contributed by atoms with van der Waals surface area (Å²) in [6, 6.07) is 8.78. The lowest BCUT2D eigenvalue weighted by Crippen LogP contribution is -2.40. The minimum atomic E-state index is 0.320. The maximum atomic E-state index is 5.54. The zero-order valence-corrected chi connectivity index (χ0v) is 9.49. The quantitative estimate of drug-likeness (QED) is 0.798. The van der Waals surface area contributed by atoms with E-state index in [9.17, 15) is 0 Å². The van der Waals surface area contributed by atoms with Crippen molar-refractivity contribution in [1.82, 2.24) is 5.32 Å². The summed E-state index contributed by atoms with van der Waals surface area (Å²) in [5.74, 6) is 0.552. The summed E-state index contributed by atoms with van der Waals surface area (Å²) in [6.45, 7) is 4.21. The highest BCUT2D eigenvalue weighted by Crippen LogP contribution is 2.27. The first-order valence-electron chi connectivity index (χ1n) is 5.61. The number of piperidine rings is 1. The van der Waals surface area contributed by atoms with Gasteiger partial charge in [0.2, 0.25) is 0 Å². The van der Waals surface area contributed by atoms with Gasteiger partial charge < -0.3 is 10.1 Å². The molecule has 2 heteroatoms. The largest absolute Gasteiger partial charge is 0.379 e. The molecule has 2 nitrogen and oxygen atoms in total. The summed E-state index contributed by atoms with van der Waals surface area (Å²) in [6.07, 6.45) is 1.49. The van der Waals surface area contributed by atoms with Gasteiger partial charge in [-0.05, 0) is 25.5 Å². The zero-order chi connectivity index (χ0) is 10.7. The van der Waals surface area contributed by atoms with Crippen molar-refractivity contribution in [3.8, 4) is 0 Å². The number of nitrogens with one attached hydrogen (secondary N) is 1. The molecular formula is C13H19NO. The summed E-state index contributed by atoms with van der Waals surface area (Å²) in [5, 5.41) is 3.38. The van der Waals surface area contributed by atoms with Gasteiger partial charge in [0, 0.05) is 19.6 Å². The Morgan fingerprint density at radius 3 is 3.00 bits per heavy atom. The van der Waals surface area contributed by atoms with E-state index in [0.717, 1.165) is 13.1 Å². The van der Waals surface area contributed by atoms with Gasteiger partial charge in [-0.15, -0.1) is 0 Å². The Bertz CT molecular complexity index is 324. The predicted molar refractivity (Wildman–Crippen MR) is 62.2 cm³/mol. The van der Waals surface area contributed by atoms with Crippen LogP contribution in [0.25, 0.3) is 0 Å². The van der Waals surface area contributed by atoms with Crippen LogP contribution in [0.2, 0.25) is 0 Å². The maximum absolute atomic E-state index is 5.54. The molecule has 2 atom stereocenters. The van der Waals surface area contributed by atoms with Crippen LogP contribution in [0.5, 0.6) is 0 Å². The van der Waals surface area contributed by atoms with Crippen molar-refractivity contribution >= 4 is 0 Å². The Labute approximate surface area is 91.6 Å². The van der Waals surface area contributed by atoms with Gasteiger partial charge in [0.1, 0.15) is 0 Å². The molecule has 0 amide bonds. The minimum absolute atomic E-state index is 0.320. The fourth-order valence-electron chi connectivity index (χ4n) is 2.36. The third kappa shape index (κ3) is 2.39. The Balaban J connectivity index is 2.20. The third-order valence-electron chi connectivity index (χ3n) is 3.20. The van der Waals surface area contributed by atoms with Crippen molar-refractivity contribution in [3.63, 3.8) is 0 Å². The Kier molecular flexibility index (Phi) is 3.39. The Hall–Kier alpha value is -0.860. The molecule has 0 spiro atoms. The molecule has 1 aliphatic rings. The number of methoxy groups -OCH3 is 1. The molecule has 1 heterocycles. The SMILES string of the molecule is COC1CNCCC1c1cccc(C)c1. The topological polar surface area (TPSA) is 21.3 Å². The molecule has 1 aliphatic heterocycles. The van der Waals surface area contributed by atoms with Gasteiger partial charge in [-0.3, -0.25) is 0 Å². The monoisotopic (exact) mass is 205 g/mol. The summed E-state index contributed by atoms with van der Waals surface area (Å²) in [5.41, 5.74) is 2.75. The molecule has 1 fully saturated rings. The van der Waals surface area contributed by atoms with E-state index in [1.165, 1.54) is 17.5 Å². The first kappa shape index (κ1) is 10.7. The maximum Gasteiger partial charge on any atom is 0.0764 e. The van der Waals surface area contributed by atoms with E-state index in [1.54, 1.807) is 7.11 Å². The van der Waals surface area contributed by atoms with Crippen molar-refractivity contribution < 1.29 is 4.74 Å². The lowest BCUT2D eigenvalue weighted by atomic mass is 9.87. The van der Waals surface area contributed by atoms with E-state index in [1.807, 2.05) is 0 Å². The molecule has 2 rings (SSSR count). The second-order valence-electron chi connectivity index (χ2n) is 4.29. The van der Waals surface area contributed by atoms with Crippen LogP contribution in [-0.4, -0.2) is 26.3 Å². The average molecular weight is 205 g/mol. The van der Waals surface area contributed by atoms with Crippen molar-refractivity contribution in [2.24, 2.45) is 0 Å². The van der Waals surface area contributed by atoms with E-state index < -0.39 is 0 Å². The fraction of sp³-hybridized carbons (Fsp3) is 0.538. The lowest BCUT2D eigenvalue weighted by molar-refractivity contribution is 0.0625. The van der Waals surface area contributed by atoms with Crippen LogP contribution in [0, 0.1) is 6.92 Å². The number of hydrogen-bond donors (Lipinski definition) is 1. The van der Waals surface area contributed by atoms with Crippen molar-refractivity contribution in [2.75, 3.05) is 20.2 Å². The minimum Gasteiger partial charge on any atom is -0.379 e. The number of hydrogen-bond acceptors (Lipinski definition) is 2. The average Bonchev–Trinajstić information content (AvgIpc) is 2.29. The Morgan fingerprint density at radius 2 is 2.27 bits per heavy atom. The van der Waals surface area contributed by atoms with E-state index in [-0.39, 0.29) is 0 Å². The highest BCUT2D eigenvalue weighted by atomic mass is 16.5. The molecule has 0 radical (unpaired) electrons. The third-order valence-corrected chi connectivity index (χ3v) is 3.20. The van der Waals surface area contributed by atoms with Crippen LogP contribution in [0.3, 0.4) is 0 Å². The summed E-state index contributed by atoms with van der Waals surface area (Å²) < 4.78 is 5.54. The summed E-state index contributed by atoms with van der Waals surface area (Å²) in [4.78, 5) is 0. The molecule has 0 aromatic heterocycles. The summed E-state index contributed by atoms with van der Waals surface area (Å²) >= 11 is 0. The van der Waals surface area contributed by atoms with Crippen LogP contribution >= 0.6 is 0 Å². The molecule has 1 aromatic rings. The fourth-order valence-corrected chi connectivity index (χ4v) is 2.36.